The molecule has 0 aromatic heterocycles. The molecule has 0 saturated heterocycles. The van der Waals surface area contributed by atoms with Crippen LogP contribution in [0.2, 0.25) is 0 Å². The first kappa shape index (κ1) is 22.4. The fraction of sp³-hybridized carbons (Fsp3) is 0.944. The van der Waals surface area contributed by atoms with Crippen molar-refractivity contribution >= 4 is 5.97 Å². The molecule has 5 nitrogen and oxygen atoms in total. The van der Waals surface area contributed by atoms with E-state index in [2.05, 4.69) is 6.92 Å². The van der Waals surface area contributed by atoms with E-state index in [1.54, 1.807) is 6.92 Å². The molecule has 0 bridgehead atoms. The second-order valence-electron chi connectivity index (χ2n) is 6.41. The molecule has 0 atom stereocenters. The van der Waals surface area contributed by atoms with Gasteiger partial charge in [0, 0.05) is 13.1 Å². The van der Waals surface area contributed by atoms with Gasteiger partial charge >= 0.3 is 11.9 Å². The van der Waals surface area contributed by atoms with E-state index in [4.69, 9.17) is 5.11 Å². The number of aliphatic carboxylic acids is 1. The predicted molar refractivity (Wildman–Crippen MR) is 93.1 cm³/mol. The zero-order chi connectivity index (χ0) is 17.6. The molecule has 0 heterocycles. The molecule has 138 valence electrons. The third kappa shape index (κ3) is 10.7. The number of aliphatic hydroxyl groups is 2. The van der Waals surface area contributed by atoms with Crippen molar-refractivity contribution in [2.75, 3.05) is 13.1 Å². The average molecular weight is 331 g/mol. The number of carboxylic acids is 1. The van der Waals surface area contributed by atoms with Gasteiger partial charge < -0.3 is 15.3 Å². The number of likely N-dealkylation sites (N-methyl/N-ethyl adjacent to an activating group) is 1. The molecule has 0 aromatic rings. The molecule has 5 heteroatoms. The van der Waals surface area contributed by atoms with Crippen LogP contribution in [0.5, 0.6) is 0 Å². The van der Waals surface area contributed by atoms with Gasteiger partial charge in [0.05, 0.1) is 0 Å². The molecule has 0 aliphatic carbocycles. The Labute approximate surface area is 141 Å². The van der Waals surface area contributed by atoms with Crippen LogP contribution in [0.25, 0.3) is 0 Å². The minimum absolute atomic E-state index is 0.303. The second kappa shape index (κ2) is 13.8. The number of hydrogen-bond donors (Lipinski definition) is 3. The van der Waals surface area contributed by atoms with E-state index in [1.165, 1.54) is 62.7 Å². The van der Waals surface area contributed by atoms with Gasteiger partial charge in [-0.3, -0.25) is 0 Å². The maximum atomic E-state index is 10.8. The lowest BCUT2D eigenvalue weighted by molar-refractivity contribution is -0.263. The van der Waals surface area contributed by atoms with Crippen LogP contribution in [0.3, 0.4) is 0 Å². The summed E-state index contributed by atoms with van der Waals surface area (Å²) in [7, 11) is 0. The summed E-state index contributed by atoms with van der Waals surface area (Å²) in [5.41, 5.74) is 0. The molecule has 0 rings (SSSR count). The van der Waals surface area contributed by atoms with Gasteiger partial charge in [-0.25, -0.2) is 9.69 Å². The van der Waals surface area contributed by atoms with Crippen LogP contribution < -0.4 is 0 Å². The van der Waals surface area contributed by atoms with Crippen LogP contribution in [0.15, 0.2) is 0 Å². The molecule has 0 radical (unpaired) electrons. The minimum Gasteiger partial charge on any atom is -0.476 e. The molecule has 23 heavy (non-hydrogen) atoms. The van der Waals surface area contributed by atoms with Crippen LogP contribution in [0.1, 0.15) is 90.9 Å². The number of carboxylic acid groups (broad SMARTS) is 1. The van der Waals surface area contributed by atoms with Crippen molar-refractivity contribution in [3.8, 4) is 0 Å². The van der Waals surface area contributed by atoms with Crippen molar-refractivity contribution in [2.24, 2.45) is 0 Å². The quantitative estimate of drug-likeness (QED) is 0.296. The van der Waals surface area contributed by atoms with Gasteiger partial charge in [0.2, 0.25) is 0 Å². The van der Waals surface area contributed by atoms with E-state index in [0.717, 1.165) is 19.3 Å². The minimum atomic E-state index is -2.74. The standard InChI is InChI=1S/C18H37NO4/c1-3-5-6-7-8-9-10-11-12-13-14-15-16-19(4-2)18(22,23)17(20)21/h22-23H,3-16H2,1-2H3,(H,20,21). The Kier molecular flexibility index (Phi) is 13.4. The maximum absolute atomic E-state index is 10.8. The van der Waals surface area contributed by atoms with Gasteiger partial charge in [-0.2, -0.15) is 0 Å². The Morgan fingerprint density at radius 1 is 0.783 bits per heavy atom. The summed E-state index contributed by atoms with van der Waals surface area (Å²) in [6.45, 7) is 4.66. The first-order valence-electron chi connectivity index (χ1n) is 9.40. The van der Waals surface area contributed by atoms with Gasteiger partial charge in [0.25, 0.3) is 0 Å². The zero-order valence-electron chi connectivity index (χ0n) is 15.1. The molecule has 0 aliphatic rings. The highest BCUT2D eigenvalue weighted by Crippen LogP contribution is 2.14. The van der Waals surface area contributed by atoms with Crippen molar-refractivity contribution in [2.45, 2.75) is 96.8 Å². The lowest BCUT2D eigenvalue weighted by atomic mass is 10.1. The van der Waals surface area contributed by atoms with Crippen LogP contribution in [-0.4, -0.2) is 45.2 Å². The summed E-state index contributed by atoms with van der Waals surface area (Å²) in [5.74, 6) is -4.36. The Morgan fingerprint density at radius 2 is 1.17 bits per heavy atom. The van der Waals surface area contributed by atoms with Crippen LogP contribution in [0.4, 0.5) is 0 Å². The summed E-state index contributed by atoms with van der Waals surface area (Å²) >= 11 is 0. The fourth-order valence-electron chi connectivity index (χ4n) is 2.81. The van der Waals surface area contributed by atoms with Gasteiger partial charge in [-0.05, 0) is 6.42 Å². The molecular weight excluding hydrogens is 294 g/mol. The smallest absolute Gasteiger partial charge is 0.381 e. The number of hydrogen-bond acceptors (Lipinski definition) is 4. The second-order valence-corrected chi connectivity index (χ2v) is 6.41. The number of rotatable bonds is 16. The molecule has 0 unspecified atom stereocenters. The third-order valence-electron chi connectivity index (χ3n) is 4.39. The Bertz CT molecular complexity index is 295. The normalized spacial score (nSPS) is 12.0. The summed E-state index contributed by atoms with van der Waals surface area (Å²) < 4.78 is 0. The van der Waals surface area contributed by atoms with Crippen molar-refractivity contribution in [1.29, 1.82) is 0 Å². The zero-order valence-corrected chi connectivity index (χ0v) is 15.1. The average Bonchev–Trinajstić information content (AvgIpc) is 2.51. The molecule has 0 aromatic carbocycles. The topological polar surface area (TPSA) is 81.0 Å². The van der Waals surface area contributed by atoms with Gasteiger partial charge in [0.1, 0.15) is 0 Å². The van der Waals surface area contributed by atoms with Gasteiger partial charge in [0.15, 0.2) is 0 Å². The molecule has 0 amide bonds. The Hall–Kier alpha value is -0.650. The van der Waals surface area contributed by atoms with Crippen molar-refractivity contribution in [3.63, 3.8) is 0 Å². The van der Waals surface area contributed by atoms with Crippen LogP contribution >= 0.6 is 0 Å². The Balaban J connectivity index is 3.49. The summed E-state index contributed by atoms with van der Waals surface area (Å²) in [4.78, 5) is 12.0. The fourth-order valence-corrected chi connectivity index (χ4v) is 2.81. The lowest BCUT2D eigenvalue weighted by Gasteiger charge is -2.30. The van der Waals surface area contributed by atoms with E-state index in [1.807, 2.05) is 0 Å². The molecule has 0 aliphatic heterocycles. The summed E-state index contributed by atoms with van der Waals surface area (Å²) in [6, 6.07) is 0. The first-order valence-corrected chi connectivity index (χ1v) is 9.40. The van der Waals surface area contributed by atoms with E-state index in [9.17, 15) is 15.0 Å². The third-order valence-corrected chi connectivity index (χ3v) is 4.39. The van der Waals surface area contributed by atoms with E-state index < -0.39 is 11.9 Å². The van der Waals surface area contributed by atoms with Crippen LogP contribution in [-0.2, 0) is 4.79 Å². The highest BCUT2D eigenvalue weighted by atomic mass is 16.6. The Morgan fingerprint density at radius 3 is 1.52 bits per heavy atom. The highest BCUT2D eigenvalue weighted by molar-refractivity contribution is 5.74. The lowest BCUT2D eigenvalue weighted by Crippen LogP contribution is -2.55. The molecule has 0 fully saturated rings. The summed E-state index contributed by atoms with van der Waals surface area (Å²) in [6.07, 6.45) is 14.8. The van der Waals surface area contributed by atoms with E-state index in [-0.39, 0.29) is 0 Å². The number of nitrogens with zero attached hydrogens (tertiary/aromatic N) is 1. The maximum Gasteiger partial charge on any atom is 0.381 e. The van der Waals surface area contributed by atoms with Gasteiger partial charge in [-0.15, -0.1) is 0 Å². The summed E-state index contributed by atoms with van der Waals surface area (Å²) in [5, 5.41) is 27.8. The molecule has 3 N–H and O–H groups in total. The SMILES string of the molecule is CCCCCCCCCCCCCCN(CC)C(O)(O)C(=O)O. The monoisotopic (exact) mass is 331 g/mol. The number of carbonyl (C=O) groups is 1. The highest BCUT2D eigenvalue weighted by Gasteiger charge is 2.39. The van der Waals surface area contributed by atoms with Gasteiger partial charge in [-0.1, -0.05) is 84.5 Å². The number of unbranched alkanes of at least 4 members (excludes halogenated alkanes) is 11. The first-order chi connectivity index (χ1) is 11.0. The van der Waals surface area contributed by atoms with Crippen molar-refractivity contribution in [1.82, 2.24) is 4.90 Å². The largest absolute Gasteiger partial charge is 0.476 e. The van der Waals surface area contributed by atoms with E-state index >= 15 is 0 Å². The van der Waals surface area contributed by atoms with E-state index in [0.29, 0.717) is 13.1 Å². The van der Waals surface area contributed by atoms with Crippen molar-refractivity contribution in [3.05, 3.63) is 0 Å². The predicted octanol–water partition coefficient (Wildman–Crippen LogP) is 3.73. The van der Waals surface area contributed by atoms with Crippen LogP contribution in [0, 0.1) is 0 Å². The molecule has 0 spiro atoms. The molecular formula is C18H37NO4. The molecule has 0 saturated carbocycles. The van der Waals surface area contributed by atoms with Crippen molar-refractivity contribution < 1.29 is 20.1 Å².